The second kappa shape index (κ2) is 8.91. The fourth-order valence-electron chi connectivity index (χ4n) is 3.64. The van der Waals surface area contributed by atoms with E-state index in [1.807, 2.05) is 5.38 Å². The van der Waals surface area contributed by atoms with Crippen LogP contribution in [-0.4, -0.2) is 61.4 Å². The molecule has 0 saturated carbocycles. The van der Waals surface area contributed by atoms with Gasteiger partial charge in [-0.15, -0.1) is 24.5 Å². The summed E-state index contributed by atoms with van der Waals surface area (Å²) in [5.74, 6) is -0.0740. The molecule has 3 heterocycles. The number of rotatable bonds is 6. The van der Waals surface area contributed by atoms with Gasteiger partial charge in [-0.1, -0.05) is 11.6 Å². The number of likely N-dealkylation sites (tertiary alicyclic amines) is 1. The molecule has 0 spiro atoms. The number of ether oxygens (including phenoxy) is 4. The van der Waals surface area contributed by atoms with Crippen molar-refractivity contribution in [2.75, 3.05) is 33.1 Å². The average Bonchev–Trinajstić information content (AvgIpc) is 3.40. The predicted octanol–water partition coefficient (Wildman–Crippen LogP) is 3.83. The topological polar surface area (TPSA) is 70.1 Å². The van der Waals surface area contributed by atoms with Crippen molar-refractivity contribution in [1.29, 1.82) is 0 Å². The Kier molecular flexibility index (Phi) is 6.40. The number of hydrogen-bond donors (Lipinski definition) is 0. The minimum Gasteiger partial charge on any atom is -0.490 e. The number of thiazole rings is 1. The number of piperidine rings is 1. The SMILES string of the molecule is O=C(c1ccc(OCCOC(F)(F)F)c(Cl)c1)N1CCC2(c3nccs3)OCOC2C1. The molecule has 31 heavy (non-hydrogen) atoms. The number of benzene rings is 1. The first-order chi connectivity index (χ1) is 14.8. The zero-order chi connectivity index (χ0) is 22.1. The van der Waals surface area contributed by atoms with Crippen LogP contribution in [-0.2, 0) is 19.8 Å². The smallest absolute Gasteiger partial charge is 0.490 e. The molecule has 1 amide bonds. The van der Waals surface area contributed by atoms with Gasteiger partial charge in [0.2, 0.25) is 0 Å². The quantitative estimate of drug-likeness (QED) is 0.588. The molecule has 2 fully saturated rings. The summed E-state index contributed by atoms with van der Waals surface area (Å²) in [6.07, 6.45) is -2.79. The lowest BCUT2D eigenvalue weighted by Gasteiger charge is -2.40. The second-order valence-corrected chi connectivity index (χ2v) is 8.24. The third-order valence-corrected chi connectivity index (χ3v) is 6.34. The molecular weight excluding hydrogens is 461 g/mol. The molecule has 168 valence electrons. The summed E-state index contributed by atoms with van der Waals surface area (Å²) in [6.45, 7) is -0.0801. The number of nitrogens with zero attached hydrogens (tertiary/aromatic N) is 2. The number of halogens is 4. The molecule has 2 atom stereocenters. The molecule has 0 aliphatic carbocycles. The Morgan fingerprint density at radius 1 is 1.39 bits per heavy atom. The first-order valence-corrected chi connectivity index (χ1v) is 10.6. The van der Waals surface area contributed by atoms with Gasteiger partial charge in [-0.2, -0.15) is 0 Å². The van der Waals surface area contributed by atoms with Crippen LogP contribution >= 0.6 is 22.9 Å². The minimum atomic E-state index is -4.72. The van der Waals surface area contributed by atoms with Gasteiger partial charge in [-0.25, -0.2) is 4.98 Å². The number of aromatic nitrogens is 1. The highest BCUT2D eigenvalue weighted by atomic mass is 35.5. The standard InChI is InChI=1S/C19H18ClF3N2O5S/c20-13-9-12(1-2-14(13)27-6-7-29-19(21,22)23)16(26)25-5-3-18(17-24-4-8-31-17)15(10-25)28-11-30-18/h1-2,4,8-9,15H,3,5-7,10-11H2. The Balaban J connectivity index is 1.38. The Hall–Kier alpha value is -1.92. The number of carbonyl (C=O) groups excluding carboxylic acids is 1. The fourth-order valence-corrected chi connectivity index (χ4v) is 4.74. The number of amides is 1. The maximum absolute atomic E-state index is 13.0. The fraction of sp³-hybridized carbons (Fsp3) is 0.474. The molecule has 12 heteroatoms. The number of fused-ring (bicyclic) bond motifs is 1. The van der Waals surface area contributed by atoms with Crippen molar-refractivity contribution >= 4 is 28.8 Å². The molecule has 2 aliphatic heterocycles. The highest BCUT2D eigenvalue weighted by molar-refractivity contribution is 7.09. The van der Waals surface area contributed by atoms with Gasteiger partial charge in [-0.05, 0) is 18.2 Å². The Morgan fingerprint density at radius 2 is 2.23 bits per heavy atom. The highest BCUT2D eigenvalue weighted by Crippen LogP contribution is 2.43. The van der Waals surface area contributed by atoms with Crippen LogP contribution in [0.15, 0.2) is 29.8 Å². The summed E-state index contributed by atoms with van der Waals surface area (Å²) in [6, 6.07) is 4.39. The maximum atomic E-state index is 13.0. The van der Waals surface area contributed by atoms with Crippen LogP contribution < -0.4 is 4.74 Å². The third-order valence-electron chi connectivity index (χ3n) is 5.11. The maximum Gasteiger partial charge on any atom is 0.522 e. The van der Waals surface area contributed by atoms with E-state index in [-0.39, 0.29) is 36.2 Å². The van der Waals surface area contributed by atoms with E-state index in [9.17, 15) is 18.0 Å². The van der Waals surface area contributed by atoms with Gasteiger partial charge in [0.05, 0.1) is 18.2 Å². The first kappa shape index (κ1) is 22.3. The molecule has 2 aromatic rings. The molecule has 7 nitrogen and oxygen atoms in total. The summed E-state index contributed by atoms with van der Waals surface area (Å²) >= 11 is 7.64. The van der Waals surface area contributed by atoms with Gasteiger partial charge < -0.3 is 19.1 Å². The van der Waals surface area contributed by atoms with Crippen LogP contribution in [0.3, 0.4) is 0 Å². The van der Waals surface area contributed by atoms with Crippen molar-refractivity contribution in [1.82, 2.24) is 9.88 Å². The van der Waals surface area contributed by atoms with Crippen LogP contribution in [0.5, 0.6) is 5.75 Å². The molecule has 2 aliphatic rings. The second-order valence-electron chi connectivity index (χ2n) is 6.93. The number of alkyl halides is 3. The molecule has 0 radical (unpaired) electrons. The van der Waals surface area contributed by atoms with E-state index in [1.54, 1.807) is 11.1 Å². The normalized spacial score (nSPS) is 23.6. The van der Waals surface area contributed by atoms with Crippen LogP contribution in [0.25, 0.3) is 0 Å². The molecule has 2 saturated heterocycles. The van der Waals surface area contributed by atoms with Crippen molar-refractivity contribution < 1.29 is 36.9 Å². The van der Waals surface area contributed by atoms with E-state index < -0.39 is 18.6 Å². The van der Waals surface area contributed by atoms with E-state index in [2.05, 4.69) is 9.72 Å². The van der Waals surface area contributed by atoms with Gasteiger partial charge in [0.1, 0.15) is 30.3 Å². The van der Waals surface area contributed by atoms with Crippen LogP contribution in [0.4, 0.5) is 13.2 Å². The lowest BCUT2D eigenvalue weighted by Crippen LogP contribution is -2.53. The molecule has 4 rings (SSSR count). The lowest BCUT2D eigenvalue weighted by atomic mass is 9.89. The van der Waals surface area contributed by atoms with Gasteiger partial charge in [-0.3, -0.25) is 9.53 Å². The zero-order valence-electron chi connectivity index (χ0n) is 16.1. The summed E-state index contributed by atoms with van der Waals surface area (Å²) in [5, 5.41) is 2.83. The van der Waals surface area contributed by atoms with Gasteiger partial charge >= 0.3 is 6.36 Å². The molecular formula is C19H18ClF3N2O5S. The largest absolute Gasteiger partial charge is 0.522 e. The van der Waals surface area contributed by atoms with Gasteiger partial charge in [0.25, 0.3) is 5.91 Å². The van der Waals surface area contributed by atoms with Crippen molar-refractivity contribution in [2.24, 2.45) is 0 Å². The average molecular weight is 479 g/mol. The van der Waals surface area contributed by atoms with Gasteiger partial charge in [0.15, 0.2) is 5.60 Å². The summed E-state index contributed by atoms with van der Waals surface area (Å²) in [4.78, 5) is 19.0. The number of hydrogen-bond acceptors (Lipinski definition) is 7. The summed E-state index contributed by atoms with van der Waals surface area (Å²) in [7, 11) is 0. The Morgan fingerprint density at radius 3 is 2.94 bits per heavy atom. The van der Waals surface area contributed by atoms with Gasteiger partial charge in [0, 0.05) is 30.1 Å². The molecule has 0 bridgehead atoms. The van der Waals surface area contributed by atoms with Crippen molar-refractivity contribution in [3.05, 3.63) is 45.4 Å². The van der Waals surface area contributed by atoms with Crippen LogP contribution in [0.1, 0.15) is 21.8 Å². The molecule has 1 aromatic carbocycles. The van der Waals surface area contributed by atoms with Crippen LogP contribution in [0.2, 0.25) is 5.02 Å². The monoisotopic (exact) mass is 478 g/mol. The van der Waals surface area contributed by atoms with E-state index >= 15 is 0 Å². The first-order valence-electron chi connectivity index (χ1n) is 9.36. The Labute approximate surface area is 184 Å². The Bertz CT molecular complexity index is 930. The van der Waals surface area contributed by atoms with E-state index in [1.165, 1.54) is 29.5 Å². The van der Waals surface area contributed by atoms with E-state index in [0.717, 1.165) is 5.01 Å². The third kappa shape index (κ3) is 4.80. The van der Waals surface area contributed by atoms with Crippen molar-refractivity contribution in [3.8, 4) is 5.75 Å². The van der Waals surface area contributed by atoms with Crippen molar-refractivity contribution in [2.45, 2.75) is 24.5 Å². The zero-order valence-corrected chi connectivity index (χ0v) is 17.6. The number of carbonyl (C=O) groups is 1. The summed E-state index contributed by atoms with van der Waals surface area (Å²) < 4.78 is 56.5. The van der Waals surface area contributed by atoms with Crippen LogP contribution in [0, 0.1) is 0 Å². The highest BCUT2D eigenvalue weighted by Gasteiger charge is 2.52. The molecule has 2 unspecified atom stereocenters. The summed E-state index contributed by atoms with van der Waals surface area (Å²) in [5.41, 5.74) is -0.303. The lowest BCUT2D eigenvalue weighted by molar-refractivity contribution is -0.325. The van der Waals surface area contributed by atoms with Crippen molar-refractivity contribution in [3.63, 3.8) is 0 Å². The minimum absolute atomic E-state index is 0.118. The van der Waals surface area contributed by atoms with E-state index in [0.29, 0.717) is 25.1 Å². The molecule has 1 aromatic heterocycles. The van der Waals surface area contributed by atoms with E-state index in [4.69, 9.17) is 25.8 Å². The predicted molar refractivity (Wildman–Crippen MR) is 104 cm³/mol. The molecule has 0 N–H and O–H groups in total.